The van der Waals surface area contributed by atoms with E-state index in [9.17, 15) is 4.39 Å². The lowest BCUT2D eigenvalue weighted by Gasteiger charge is -2.33. The molecule has 2 saturated heterocycles. The molecule has 0 aromatic carbocycles. The van der Waals surface area contributed by atoms with E-state index in [1.165, 1.54) is 0 Å². The number of piperidine rings is 1. The highest BCUT2D eigenvalue weighted by molar-refractivity contribution is 7.99. The zero-order valence-electron chi connectivity index (χ0n) is 21.1. The predicted octanol–water partition coefficient (Wildman–Crippen LogP) is 4.87. The number of thioether (sulfide) groups is 1. The van der Waals surface area contributed by atoms with Gasteiger partial charge < -0.3 is 24.3 Å². The second kappa shape index (κ2) is 11.3. The summed E-state index contributed by atoms with van der Waals surface area (Å²) in [6.07, 6.45) is 8.27. The van der Waals surface area contributed by atoms with E-state index >= 15 is 0 Å². The van der Waals surface area contributed by atoms with Gasteiger partial charge in [-0.15, -0.1) is 0 Å². The fourth-order valence-corrected chi connectivity index (χ4v) is 5.56. The quantitative estimate of drug-likeness (QED) is 0.451. The summed E-state index contributed by atoms with van der Waals surface area (Å²) in [5.41, 5.74) is 1.78. The Labute approximate surface area is 215 Å². The van der Waals surface area contributed by atoms with Gasteiger partial charge in [0, 0.05) is 36.7 Å². The summed E-state index contributed by atoms with van der Waals surface area (Å²) in [6.45, 7) is 6.44. The minimum absolute atomic E-state index is 0.0368. The first-order valence-corrected chi connectivity index (χ1v) is 13.9. The van der Waals surface area contributed by atoms with E-state index in [2.05, 4.69) is 38.7 Å². The Balaban J connectivity index is 1.33. The minimum Gasteiger partial charge on any atom is -0.353 e. The van der Waals surface area contributed by atoms with Gasteiger partial charge in [0.25, 0.3) is 0 Å². The highest BCUT2D eigenvalue weighted by atomic mass is 32.2. The van der Waals surface area contributed by atoms with Crippen LogP contribution in [-0.2, 0) is 16.1 Å². The van der Waals surface area contributed by atoms with Crippen LogP contribution >= 0.6 is 11.8 Å². The zero-order valence-corrected chi connectivity index (χ0v) is 21.9. The van der Waals surface area contributed by atoms with E-state index in [-0.39, 0.29) is 17.6 Å². The molecule has 0 amide bonds. The minimum atomic E-state index is -0.891. The van der Waals surface area contributed by atoms with Gasteiger partial charge in [-0.2, -0.15) is 16.7 Å². The van der Waals surface area contributed by atoms with Crippen LogP contribution in [0.25, 0.3) is 11.0 Å². The molecule has 3 aromatic rings. The SMILES string of the molecule is CS[C@@H]1CCN(c2nccc(Nc3cc4c(cn3)nc(COC3CCCCO3)n4C(C)C)n2)C[C@@H]1F. The molecule has 5 heterocycles. The van der Waals surface area contributed by atoms with Gasteiger partial charge >= 0.3 is 0 Å². The number of pyridine rings is 1. The highest BCUT2D eigenvalue weighted by Gasteiger charge is 2.29. The zero-order chi connectivity index (χ0) is 25.1. The number of imidazole rings is 1. The first-order chi connectivity index (χ1) is 17.5. The molecule has 0 spiro atoms. The van der Waals surface area contributed by atoms with Gasteiger partial charge in [-0.25, -0.2) is 19.3 Å². The van der Waals surface area contributed by atoms with Crippen LogP contribution < -0.4 is 10.2 Å². The van der Waals surface area contributed by atoms with E-state index < -0.39 is 6.17 Å². The van der Waals surface area contributed by atoms with Crippen molar-refractivity contribution in [3.05, 3.63) is 30.4 Å². The van der Waals surface area contributed by atoms with E-state index in [1.807, 2.05) is 17.2 Å². The first kappa shape index (κ1) is 25.2. The fourth-order valence-electron chi connectivity index (χ4n) is 4.84. The lowest BCUT2D eigenvalue weighted by molar-refractivity contribution is -0.170. The summed E-state index contributed by atoms with van der Waals surface area (Å²) in [4.78, 5) is 20.3. The number of nitrogens with zero attached hydrogens (tertiary/aromatic N) is 6. The van der Waals surface area contributed by atoms with Gasteiger partial charge in [-0.1, -0.05) is 0 Å². The van der Waals surface area contributed by atoms with Crippen molar-refractivity contribution in [2.75, 3.05) is 36.2 Å². The van der Waals surface area contributed by atoms with Crippen LogP contribution in [0, 0.1) is 0 Å². The summed E-state index contributed by atoms with van der Waals surface area (Å²) in [6, 6.07) is 3.96. The Hall–Kier alpha value is -2.50. The standard InChI is InChI=1S/C25H34FN7O2S/c1-16(2)33-19-12-22(28-13-18(19)29-23(33)15-35-24-6-4-5-11-34-24)30-21-7-9-27-25(31-21)32-10-8-20(36-3)17(26)14-32/h7,9,12-13,16-17,20,24H,4-6,8,10-11,14-15H2,1-3H3,(H,27,28,30,31)/t17-,20+,24?/m0/s1. The maximum atomic E-state index is 14.5. The van der Waals surface area contributed by atoms with Crippen molar-refractivity contribution in [2.45, 2.75) is 69.9 Å². The van der Waals surface area contributed by atoms with Gasteiger partial charge in [0.15, 0.2) is 6.29 Å². The average Bonchev–Trinajstić information content (AvgIpc) is 3.26. The normalized spacial score (nSPS) is 22.9. The van der Waals surface area contributed by atoms with Crippen LogP contribution in [0.1, 0.15) is 51.4 Å². The molecule has 0 aliphatic carbocycles. The number of halogens is 1. The molecule has 1 unspecified atom stereocenters. The Morgan fingerprint density at radius 1 is 1.22 bits per heavy atom. The number of hydrogen-bond acceptors (Lipinski definition) is 9. The Kier molecular flexibility index (Phi) is 7.87. The lowest BCUT2D eigenvalue weighted by atomic mass is 10.1. The average molecular weight is 516 g/mol. The maximum absolute atomic E-state index is 14.5. The van der Waals surface area contributed by atoms with E-state index in [0.717, 1.165) is 55.7 Å². The van der Waals surface area contributed by atoms with Crippen LogP contribution in [-0.4, -0.2) is 68.2 Å². The highest BCUT2D eigenvalue weighted by Crippen LogP contribution is 2.28. The Morgan fingerprint density at radius 2 is 2.11 bits per heavy atom. The van der Waals surface area contributed by atoms with Crippen LogP contribution in [0.3, 0.4) is 0 Å². The molecule has 1 N–H and O–H groups in total. The first-order valence-electron chi connectivity index (χ1n) is 12.6. The summed E-state index contributed by atoms with van der Waals surface area (Å²) in [5.74, 6) is 2.65. The van der Waals surface area contributed by atoms with Gasteiger partial charge in [0.1, 0.15) is 35.8 Å². The van der Waals surface area contributed by atoms with Crippen molar-refractivity contribution in [3.8, 4) is 0 Å². The molecule has 2 fully saturated rings. The number of hydrogen-bond donors (Lipinski definition) is 1. The summed E-state index contributed by atoms with van der Waals surface area (Å²) in [5, 5.41) is 3.32. The molecular formula is C25H34FN7O2S. The van der Waals surface area contributed by atoms with Crippen molar-refractivity contribution >= 4 is 40.4 Å². The van der Waals surface area contributed by atoms with Gasteiger partial charge in [-0.05, 0) is 51.9 Å². The number of aromatic nitrogens is 5. The maximum Gasteiger partial charge on any atom is 0.227 e. The van der Waals surface area contributed by atoms with Crippen molar-refractivity contribution in [1.82, 2.24) is 24.5 Å². The number of rotatable bonds is 8. The van der Waals surface area contributed by atoms with Crippen LogP contribution in [0.5, 0.6) is 0 Å². The fraction of sp³-hybridized carbons (Fsp3) is 0.600. The molecule has 9 nitrogen and oxygen atoms in total. The smallest absolute Gasteiger partial charge is 0.227 e. The van der Waals surface area contributed by atoms with Gasteiger partial charge in [-0.3, -0.25) is 0 Å². The molecule has 2 aliphatic rings. The molecular weight excluding hydrogens is 481 g/mol. The monoisotopic (exact) mass is 515 g/mol. The molecule has 0 bridgehead atoms. The Bertz CT molecular complexity index is 1170. The summed E-state index contributed by atoms with van der Waals surface area (Å²) >= 11 is 1.59. The molecule has 3 aromatic heterocycles. The molecule has 36 heavy (non-hydrogen) atoms. The van der Waals surface area contributed by atoms with E-state index in [4.69, 9.17) is 14.5 Å². The number of anilines is 3. The number of ether oxygens (including phenoxy) is 2. The molecule has 2 aliphatic heterocycles. The number of fused-ring (bicyclic) bond motifs is 1. The second-order valence-electron chi connectivity index (χ2n) is 9.55. The van der Waals surface area contributed by atoms with Crippen molar-refractivity contribution in [2.24, 2.45) is 0 Å². The number of alkyl halides is 1. The van der Waals surface area contributed by atoms with E-state index in [1.54, 1.807) is 30.2 Å². The third kappa shape index (κ3) is 5.57. The van der Waals surface area contributed by atoms with Crippen LogP contribution in [0.15, 0.2) is 24.5 Å². The van der Waals surface area contributed by atoms with Crippen molar-refractivity contribution < 1.29 is 13.9 Å². The van der Waals surface area contributed by atoms with Gasteiger partial charge in [0.05, 0.1) is 18.3 Å². The van der Waals surface area contributed by atoms with Gasteiger partial charge in [0.2, 0.25) is 5.95 Å². The molecule has 11 heteroatoms. The van der Waals surface area contributed by atoms with Crippen molar-refractivity contribution in [3.63, 3.8) is 0 Å². The second-order valence-corrected chi connectivity index (χ2v) is 10.6. The predicted molar refractivity (Wildman–Crippen MR) is 141 cm³/mol. The molecule has 3 atom stereocenters. The summed E-state index contributed by atoms with van der Waals surface area (Å²) < 4.78 is 28.4. The third-order valence-corrected chi connectivity index (χ3v) is 7.80. The molecule has 194 valence electrons. The largest absolute Gasteiger partial charge is 0.353 e. The number of nitrogens with one attached hydrogen (secondary N) is 1. The molecule has 0 radical (unpaired) electrons. The van der Waals surface area contributed by atoms with Crippen molar-refractivity contribution in [1.29, 1.82) is 0 Å². The molecule has 5 rings (SSSR count). The third-order valence-electron chi connectivity index (χ3n) is 6.67. The molecule has 0 saturated carbocycles. The topological polar surface area (TPSA) is 90.2 Å². The van der Waals surface area contributed by atoms with Crippen LogP contribution in [0.2, 0.25) is 0 Å². The lowest BCUT2D eigenvalue weighted by Crippen LogP contribution is -2.44. The van der Waals surface area contributed by atoms with Crippen LogP contribution in [0.4, 0.5) is 22.0 Å². The summed E-state index contributed by atoms with van der Waals surface area (Å²) in [7, 11) is 0. The Morgan fingerprint density at radius 3 is 2.86 bits per heavy atom. The van der Waals surface area contributed by atoms with E-state index in [0.29, 0.717) is 30.7 Å².